The Kier molecular flexibility index (Phi) is 28.6. The molecule has 1 N–H and O–H groups in total. The zero-order valence-corrected chi connectivity index (χ0v) is 23.0. The smallest absolute Gasteiger partial charge is 0.372 e. The molecule has 12 nitrogen and oxygen atoms in total. The lowest BCUT2D eigenvalue weighted by atomic mass is 10.2. The van der Waals surface area contributed by atoms with Gasteiger partial charge >= 0.3 is 11.9 Å². The van der Waals surface area contributed by atoms with Gasteiger partial charge in [0.05, 0.1) is 92.3 Å². The van der Waals surface area contributed by atoms with Crippen molar-refractivity contribution in [3.63, 3.8) is 0 Å². The lowest BCUT2D eigenvalue weighted by Crippen LogP contribution is -2.17. The first-order valence-corrected chi connectivity index (χ1v) is 13.5. The number of carboxylic acid groups (broad SMARTS) is 1. The van der Waals surface area contributed by atoms with Crippen LogP contribution in [0, 0.1) is 0 Å². The zero-order chi connectivity index (χ0) is 27.9. The molecule has 0 atom stereocenters. The molecule has 0 unspecified atom stereocenters. The third-order valence-electron chi connectivity index (χ3n) is 4.91. The number of carbonyl (C=O) groups excluding carboxylic acids is 2. The lowest BCUT2D eigenvalue weighted by Gasteiger charge is -2.08. The molecule has 0 fully saturated rings. The third-order valence-corrected chi connectivity index (χ3v) is 4.91. The standard InChI is InChI=1S/C26H48O12/c1-2-3-4-5-6-9-31-10-11-32-12-13-33-14-15-34-16-17-35-18-19-36-20-21-37-22-23-38-25(28)8-7-24(27)26(29)30/h2-23H2,1H3,(H,29,30). The molecule has 0 aromatic heterocycles. The maximum Gasteiger partial charge on any atom is 0.372 e. The number of Topliss-reactive ketones (excluding diaryl/α,β-unsaturated/α-hetero) is 1. The molecule has 224 valence electrons. The first-order valence-electron chi connectivity index (χ1n) is 13.5. The number of rotatable bonds is 31. The molecular formula is C26H48O12. The highest BCUT2D eigenvalue weighted by molar-refractivity contribution is 6.32. The molecule has 0 saturated heterocycles. The molecule has 0 aliphatic carbocycles. The second-order valence-electron chi connectivity index (χ2n) is 8.15. The van der Waals surface area contributed by atoms with E-state index in [1.165, 1.54) is 25.7 Å². The Balaban J connectivity index is 3.13. The Morgan fingerprint density at radius 2 is 0.842 bits per heavy atom. The summed E-state index contributed by atoms with van der Waals surface area (Å²) in [7, 11) is 0. The van der Waals surface area contributed by atoms with Crippen LogP contribution in [0.3, 0.4) is 0 Å². The number of hydrogen-bond acceptors (Lipinski definition) is 11. The molecule has 0 aliphatic heterocycles. The SMILES string of the molecule is CCCCCCCOCCOCCOCCOCCOCCOCCOCCOC(=O)CCC(=O)C(=O)O. The fraction of sp³-hybridized carbons (Fsp3) is 0.885. The molecule has 12 heteroatoms. The van der Waals surface area contributed by atoms with Crippen LogP contribution in [0.5, 0.6) is 0 Å². The minimum Gasteiger partial charge on any atom is -0.476 e. The van der Waals surface area contributed by atoms with Gasteiger partial charge in [-0.05, 0) is 6.42 Å². The van der Waals surface area contributed by atoms with Crippen molar-refractivity contribution in [2.75, 3.05) is 99.1 Å². The van der Waals surface area contributed by atoms with E-state index in [9.17, 15) is 14.4 Å². The number of carbonyl (C=O) groups is 3. The number of ketones is 1. The molecular weight excluding hydrogens is 504 g/mol. The van der Waals surface area contributed by atoms with Crippen LogP contribution < -0.4 is 0 Å². The van der Waals surface area contributed by atoms with Gasteiger partial charge in [-0.2, -0.15) is 0 Å². The summed E-state index contributed by atoms with van der Waals surface area (Å²) < 4.78 is 42.7. The number of aliphatic carboxylic acids is 1. The predicted molar refractivity (Wildman–Crippen MR) is 137 cm³/mol. The number of esters is 1. The third kappa shape index (κ3) is 28.9. The molecule has 0 saturated carbocycles. The van der Waals surface area contributed by atoms with Crippen LogP contribution in [-0.4, -0.2) is 122 Å². The van der Waals surface area contributed by atoms with Gasteiger partial charge in [-0.3, -0.25) is 9.59 Å². The summed E-state index contributed by atoms with van der Waals surface area (Å²) in [4.78, 5) is 32.5. The van der Waals surface area contributed by atoms with E-state index in [0.717, 1.165) is 13.0 Å². The Morgan fingerprint density at radius 3 is 1.24 bits per heavy atom. The molecule has 0 aromatic rings. The van der Waals surface area contributed by atoms with Crippen LogP contribution in [0.25, 0.3) is 0 Å². The molecule has 0 aromatic carbocycles. The van der Waals surface area contributed by atoms with E-state index < -0.39 is 17.7 Å². The second-order valence-corrected chi connectivity index (χ2v) is 8.15. The summed E-state index contributed by atoms with van der Waals surface area (Å²) in [6, 6.07) is 0. The highest BCUT2D eigenvalue weighted by Gasteiger charge is 2.14. The predicted octanol–water partition coefficient (Wildman–Crippen LogP) is 2.05. The van der Waals surface area contributed by atoms with E-state index in [0.29, 0.717) is 79.3 Å². The molecule has 0 aliphatic rings. The summed E-state index contributed by atoms with van der Waals surface area (Å²) in [5.41, 5.74) is 0. The molecule has 0 radical (unpaired) electrons. The number of unbranched alkanes of at least 4 members (excludes halogenated alkanes) is 4. The monoisotopic (exact) mass is 552 g/mol. The van der Waals surface area contributed by atoms with Crippen molar-refractivity contribution in [1.82, 2.24) is 0 Å². The largest absolute Gasteiger partial charge is 0.476 e. The fourth-order valence-corrected chi connectivity index (χ4v) is 2.84. The van der Waals surface area contributed by atoms with E-state index in [-0.39, 0.29) is 26.1 Å². The molecule has 38 heavy (non-hydrogen) atoms. The first-order chi connectivity index (χ1) is 18.6. The van der Waals surface area contributed by atoms with Crippen molar-refractivity contribution in [3.05, 3.63) is 0 Å². The Bertz CT molecular complexity index is 558. The van der Waals surface area contributed by atoms with Crippen molar-refractivity contribution < 1.29 is 57.4 Å². The maximum atomic E-state index is 11.3. The summed E-state index contributed by atoms with van der Waals surface area (Å²) >= 11 is 0. The van der Waals surface area contributed by atoms with Crippen molar-refractivity contribution in [2.45, 2.75) is 51.9 Å². The number of carboxylic acids is 1. The van der Waals surface area contributed by atoms with Crippen molar-refractivity contribution >= 4 is 17.7 Å². The summed E-state index contributed by atoms with van der Waals surface area (Å²) in [5, 5.41) is 8.42. The molecule has 0 amide bonds. The van der Waals surface area contributed by atoms with Crippen molar-refractivity contribution in [3.8, 4) is 0 Å². The normalized spacial score (nSPS) is 11.1. The fourth-order valence-electron chi connectivity index (χ4n) is 2.84. The van der Waals surface area contributed by atoms with E-state index in [4.69, 9.17) is 43.0 Å². The average Bonchev–Trinajstić information content (AvgIpc) is 2.91. The van der Waals surface area contributed by atoms with Gasteiger partial charge in [-0.1, -0.05) is 32.6 Å². The van der Waals surface area contributed by atoms with Gasteiger partial charge in [-0.15, -0.1) is 0 Å². The average molecular weight is 553 g/mol. The topological polar surface area (TPSA) is 145 Å². The maximum absolute atomic E-state index is 11.3. The van der Waals surface area contributed by atoms with Crippen molar-refractivity contribution in [1.29, 1.82) is 0 Å². The van der Waals surface area contributed by atoms with Gasteiger partial charge in [0.25, 0.3) is 0 Å². The van der Waals surface area contributed by atoms with Gasteiger partial charge < -0.3 is 43.0 Å². The zero-order valence-electron chi connectivity index (χ0n) is 23.0. The second kappa shape index (κ2) is 29.9. The van der Waals surface area contributed by atoms with Crippen LogP contribution in [0.4, 0.5) is 0 Å². The first kappa shape index (κ1) is 36.3. The molecule has 0 spiro atoms. The number of ether oxygens (including phenoxy) is 8. The van der Waals surface area contributed by atoms with E-state index in [1.807, 2.05) is 0 Å². The van der Waals surface area contributed by atoms with Crippen LogP contribution in [0.15, 0.2) is 0 Å². The van der Waals surface area contributed by atoms with Crippen LogP contribution >= 0.6 is 0 Å². The van der Waals surface area contributed by atoms with Gasteiger partial charge in [0.15, 0.2) is 0 Å². The van der Waals surface area contributed by atoms with Crippen LogP contribution in [0.1, 0.15) is 51.9 Å². The summed E-state index contributed by atoms with van der Waals surface area (Å²) in [6.45, 7) is 9.00. The minimum absolute atomic E-state index is 0.0246. The van der Waals surface area contributed by atoms with Crippen LogP contribution in [-0.2, 0) is 52.3 Å². The number of hydrogen-bond donors (Lipinski definition) is 1. The van der Waals surface area contributed by atoms with Crippen molar-refractivity contribution in [2.24, 2.45) is 0 Å². The Hall–Kier alpha value is -1.67. The van der Waals surface area contributed by atoms with E-state index >= 15 is 0 Å². The minimum atomic E-state index is -1.56. The van der Waals surface area contributed by atoms with E-state index in [2.05, 4.69) is 6.92 Å². The van der Waals surface area contributed by atoms with Gasteiger partial charge in [0.2, 0.25) is 5.78 Å². The molecule has 0 bridgehead atoms. The summed E-state index contributed by atoms with van der Waals surface area (Å²) in [5.74, 6) is -3.22. The Labute approximate surface area is 226 Å². The van der Waals surface area contributed by atoms with E-state index in [1.54, 1.807) is 0 Å². The Morgan fingerprint density at radius 1 is 0.474 bits per heavy atom. The lowest BCUT2D eigenvalue weighted by molar-refractivity contribution is -0.151. The molecule has 0 rings (SSSR count). The quantitative estimate of drug-likeness (QED) is 0.0763. The van der Waals surface area contributed by atoms with Gasteiger partial charge in [-0.25, -0.2) is 4.79 Å². The highest BCUT2D eigenvalue weighted by Crippen LogP contribution is 2.02. The van der Waals surface area contributed by atoms with Gasteiger partial charge in [0.1, 0.15) is 6.61 Å². The summed E-state index contributed by atoms with van der Waals surface area (Å²) in [6.07, 6.45) is 5.57. The molecule has 0 heterocycles. The van der Waals surface area contributed by atoms with Crippen LogP contribution in [0.2, 0.25) is 0 Å². The van der Waals surface area contributed by atoms with Gasteiger partial charge in [0, 0.05) is 13.0 Å². The highest BCUT2D eigenvalue weighted by atomic mass is 16.6.